The number of thiazole rings is 1. The number of aryl methyl sites for hydroxylation is 1. The SMILES string of the molecule is Cc1nc(/C=C\C(=O)Nc2cccc(-c3nnco3)c2)cs1. The lowest BCUT2D eigenvalue weighted by atomic mass is 10.2. The molecule has 0 aliphatic heterocycles. The van der Waals surface area contributed by atoms with Crippen LogP contribution in [0.25, 0.3) is 17.5 Å². The number of nitrogens with zero attached hydrogens (tertiary/aromatic N) is 3. The molecule has 0 spiro atoms. The quantitative estimate of drug-likeness (QED) is 0.748. The van der Waals surface area contributed by atoms with Gasteiger partial charge in [0, 0.05) is 22.7 Å². The van der Waals surface area contributed by atoms with Gasteiger partial charge in [-0.05, 0) is 31.2 Å². The highest BCUT2D eigenvalue weighted by Gasteiger charge is 2.05. The molecular formula is C15H12N4O2S. The number of hydrogen-bond donors (Lipinski definition) is 1. The van der Waals surface area contributed by atoms with Crippen LogP contribution in [-0.2, 0) is 4.79 Å². The first kappa shape index (κ1) is 14.2. The Bertz CT molecular complexity index is 809. The van der Waals surface area contributed by atoms with Crippen molar-refractivity contribution < 1.29 is 9.21 Å². The molecule has 0 saturated carbocycles. The Morgan fingerprint density at radius 2 is 2.32 bits per heavy atom. The number of amides is 1. The van der Waals surface area contributed by atoms with Gasteiger partial charge in [-0.2, -0.15) is 0 Å². The Morgan fingerprint density at radius 1 is 1.41 bits per heavy atom. The normalized spacial score (nSPS) is 11.0. The smallest absolute Gasteiger partial charge is 0.248 e. The molecule has 3 aromatic rings. The molecule has 1 aromatic carbocycles. The van der Waals surface area contributed by atoms with Crippen LogP contribution in [0.1, 0.15) is 10.7 Å². The van der Waals surface area contributed by atoms with Crippen molar-refractivity contribution in [3.63, 3.8) is 0 Å². The third-order valence-electron chi connectivity index (χ3n) is 2.78. The number of rotatable bonds is 4. The predicted octanol–water partition coefficient (Wildman–Crippen LogP) is 3.15. The maximum Gasteiger partial charge on any atom is 0.248 e. The molecule has 0 atom stereocenters. The fourth-order valence-corrected chi connectivity index (χ4v) is 2.41. The number of hydrogen-bond acceptors (Lipinski definition) is 6. The summed E-state index contributed by atoms with van der Waals surface area (Å²) in [6.45, 7) is 1.92. The van der Waals surface area contributed by atoms with E-state index in [0.717, 1.165) is 16.3 Å². The summed E-state index contributed by atoms with van der Waals surface area (Å²) < 4.78 is 5.13. The highest BCUT2D eigenvalue weighted by Crippen LogP contribution is 2.20. The maximum absolute atomic E-state index is 11.9. The fourth-order valence-electron chi connectivity index (χ4n) is 1.83. The average Bonchev–Trinajstić information content (AvgIpc) is 3.17. The van der Waals surface area contributed by atoms with Gasteiger partial charge in [0.05, 0.1) is 10.7 Å². The molecule has 0 saturated heterocycles. The van der Waals surface area contributed by atoms with Crippen LogP contribution in [0.15, 0.2) is 46.5 Å². The van der Waals surface area contributed by atoms with E-state index in [0.29, 0.717) is 11.6 Å². The van der Waals surface area contributed by atoms with Crippen molar-refractivity contribution in [2.45, 2.75) is 6.92 Å². The zero-order valence-corrected chi connectivity index (χ0v) is 12.5. The topological polar surface area (TPSA) is 80.9 Å². The lowest BCUT2D eigenvalue weighted by Crippen LogP contribution is -2.07. The molecular weight excluding hydrogens is 300 g/mol. The Hall–Kier alpha value is -2.80. The van der Waals surface area contributed by atoms with Crippen molar-refractivity contribution in [3.05, 3.63) is 52.8 Å². The van der Waals surface area contributed by atoms with E-state index < -0.39 is 0 Å². The third kappa shape index (κ3) is 3.44. The molecule has 0 aliphatic rings. The molecule has 2 heterocycles. The lowest BCUT2D eigenvalue weighted by molar-refractivity contribution is -0.111. The average molecular weight is 312 g/mol. The summed E-state index contributed by atoms with van der Waals surface area (Å²) in [6, 6.07) is 7.20. The minimum absolute atomic E-state index is 0.228. The van der Waals surface area contributed by atoms with Crippen LogP contribution in [0, 0.1) is 6.92 Å². The molecule has 110 valence electrons. The highest BCUT2D eigenvalue weighted by molar-refractivity contribution is 7.09. The van der Waals surface area contributed by atoms with Crippen LogP contribution in [0.3, 0.4) is 0 Å². The van der Waals surface area contributed by atoms with Crippen LogP contribution >= 0.6 is 11.3 Å². The summed E-state index contributed by atoms with van der Waals surface area (Å²) in [4.78, 5) is 16.2. The molecule has 0 aliphatic carbocycles. The van der Waals surface area contributed by atoms with Crippen LogP contribution in [0.4, 0.5) is 5.69 Å². The number of carbonyl (C=O) groups excluding carboxylic acids is 1. The first-order valence-corrected chi connectivity index (χ1v) is 7.36. The van der Waals surface area contributed by atoms with Crippen LogP contribution in [-0.4, -0.2) is 21.1 Å². The van der Waals surface area contributed by atoms with E-state index in [4.69, 9.17) is 4.42 Å². The van der Waals surface area contributed by atoms with E-state index in [9.17, 15) is 4.79 Å². The Labute approximate surface area is 130 Å². The van der Waals surface area contributed by atoms with E-state index >= 15 is 0 Å². The summed E-state index contributed by atoms with van der Waals surface area (Å²) in [5.74, 6) is 0.179. The second-order valence-electron chi connectivity index (χ2n) is 4.44. The minimum Gasteiger partial charge on any atom is -0.423 e. The van der Waals surface area contributed by atoms with Crippen molar-refractivity contribution in [1.82, 2.24) is 15.2 Å². The summed E-state index contributed by atoms with van der Waals surface area (Å²) in [5.41, 5.74) is 2.17. The van der Waals surface area contributed by atoms with E-state index in [1.807, 2.05) is 24.4 Å². The standard InChI is InChI=1S/C15H12N4O2S/c1-10-17-13(8-22-10)5-6-14(20)18-12-4-2-3-11(7-12)15-19-16-9-21-15/h2-9H,1H3,(H,18,20)/b6-5-. The van der Waals surface area contributed by atoms with Crippen LogP contribution in [0.2, 0.25) is 0 Å². The number of benzene rings is 1. The first-order chi connectivity index (χ1) is 10.7. The highest BCUT2D eigenvalue weighted by atomic mass is 32.1. The molecule has 1 amide bonds. The molecule has 3 rings (SSSR count). The second-order valence-corrected chi connectivity index (χ2v) is 5.50. The van der Waals surface area contributed by atoms with Gasteiger partial charge in [0.15, 0.2) is 0 Å². The van der Waals surface area contributed by atoms with Gasteiger partial charge in [-0.15, -0.1) is 21.5 Å². The van der Waals surface area contributed by atoms with Gasteiger partial charge in [-0.25, -0.2) is 4.98 Å². The van der Waals surface area contributed by atoms with E-state index in [-0.39, 0.29) is 5.91 Å². The molecule has 0 radical (unpaired) electrons. The molecule has 1 N–H and O–H groups in total. The van der Waals surface area contributed by atoms with Crippen molar-refractivity contribution in [1.29, 1.82) is 0 Å². The molecule has 0 bridgehead atoms. The number of carbonyl (C=O) groups is 1. The number of aromatic nitrogens is 3. The largest absolute Gasteiger partial charge is 0.423 e. The predicted molar refractivity (Wildman–Crippen MR) is 84.2 cm³/mol. The summed E-state index contributed by atoms with van der Waals surface area (Å²) in [7, 11) is 0. The van der Waals surface area contributed by atoms with Gasteiger partial charge in [0.25, 0.3) is 0 Å². The molecule has 0 fully saturated rings. The summed E-state index contributed by atoms with van der Waals surface area (Å²) in [5, 5.41) is 13.1. The number of anilines is 1. The van der Waals surface area contributed by atoms with Gasteiger partial charge in [0.1, 0.15) is 0 Å². The fraction of sp³-hybridized carbons (Fsp3) is 0.0667. The van der Waals surface area contributed by atoms with E-state index in [1.165, 1.54) is 12.5 Å². The van der Waals surface area contributed by atoms with Gasteiger partial charge >= 0.3 is 0 Å². The third-order valence-corrected chi connectivity index (χ3v) is 3.57. The molecule has 2 aromatic heterocycles. The summed E-state index contributed by atoms with van der Waals surface area (Å²) >= 11 is 1.54. The van der Waals surface area contributed by atoms with Crippen molar-refractivity contribution in [2.24, 2.45) is 0 Å². The van der Waals surface area contributed by atoms with E-state index in [2.05, 4.69) is 20.5 Å². The first-order valence-electron chi connectivity index (χ1n) is 6.48. The lowest BCUT2D eigenvalue weighted by Gasteiger charge is -2.03. The van der Waals surface area contributed by atoms with Crippen molar-refractivity contribution >= 4 is 29.0 Å². The van der Waals surface area contributed by atoms with Gasteiger partial charge in [0.2, 0.25) is 18.2 Å². The van der Waals surface area contributed by atoms with E-state index in [1.54, 1.807) is 29.5 Å². The zero-order chi connectivity index (χ0) is 15.4. The summed E-state index contributed by atoms with van der Waals surface area (Å²) in [6.07, 6.45) is 4.40. The molecule has 6 nitrogen and oxygen atoms in total. The van der Waals surface area contributed by atoms with Gasteiger partial charge in [-0.1, -0.05) is 6.07 Å². The number of nitrogens with one attached hydrogen (secondary N) is 1. The minimum atomic E-state index is -0.228. The van der Waals surface area contributed by atoms with Crippen LogP contribution < -0.4 is 5.32 Å². The Morgan fingerprint density at radius 3 is 3.05 bits per heavy atom. The molecule has 7 heteroatoms. The van der Waals surface area contributed by atoms with Crippen molar-refractivity contribution in [3.8, 4) is 11.5 Å². The monoisotopic (exact) mass is 312 g/mol. The molecule has 0 unspecified atom stereocenters. The Kier molecular flexibility index (Phi) is 4.06. The Balaban J connectivity index is 1.69. The van der Waals surface area contributed by atoms with Crippen LogP contribution in [0.5, 0.6) is 0 Å². The zero-order valence-electron chi connectivity index (χ0n) is 11.7. The maximum atomic E-state index is 11.9. The van der Waals surface area contributed by atoms with Gasteiger partial charge < -0.3 is 9.73 Å². The second kappa shape index (κ2) is 6.31. The van der Waals surface area contributed by atoms with Crippen molar-refractivity contribution in [2.75, 3.05) is 5.32 Å². The molecule has 22 heavy (non-hydrogen) atoms. The van der Waals surface area contributed by atoms with Gasteiger partial charge in [-0.3, -0.25) is 4.79 Å².